The number of methoxy groups -OCH3 is 1. The summed E-state index contributed by atoms with van der Waals surface area (Å²) >= 11 is 0. The summed E-state index contributed by atoms with van der Waals surface area (Å²) in [5, 5.41) is 4.03. The molecule has 0 atom stereocenters. The summed E-state index contributed by atoms with van der Waals surface area (Å²) in [5.41, 5.74) is 1.40. The third kappa shape index (κ3) is 5.53. The fourth-order valence-electron chi connectivity index (χ4n) is 3.90. The van der Waals surface area contributed by atoms with Crippen LogP contribution in [0.5, 0.6) is 5.75 Å². The van der Waals surface area contributed by atoms with Crippen LogP contribution in [0.1, 0.15) is 39.2 Å². The van der Waals surface area contributed by atoms with E-state index in [4.69, 9.17) is 9.47 Å². The first-order valence-corrected chi connectivity index (χ1v) is 10.6. The van der Waals surface area contributed by atoms with E-state index < -0.39 is 5.60 Å². The van der Waals surface area contributed by atoms with Crippen molar-refractivity contribution in [3.8, 4) is 5.75 Å². The normalized spacial score (nSPS) is 15.9. The predicted octanol–water partition coefficient (Wildman–Crippen LogP) is 3.31. The second kappa shape index (κ2) is 9.08. The third-order valence-corrected chi connectivity index (χ3v) is 5.47. The molecule has 30 heavy (non-hydrogen) atoms. The van der Waals surface area contributed by atoms with Crippen LogP contribution in [-0.4, -0.2) is 53.9 Å². The van der Waals surface area contributed by atoms with Gasteiger partial charge in [0.2, 0.25) is 0 Å². The summed E-state index contributed by atoms with van der Waals surface area (Å²) in [5.74, 6) is 0.746. The quantitative estimate of drug-likeness (QED) is 0.811. The van der Waals surface area contributed by atoms with Crippen molar-refractivity contribution in [1.29, 1.82) is 0 Å². The number of nitrogens with one attached hydrogen (secondary N) is 1. The highest BCUT2D eigenvalue weighted by Crippen LogP contribution is 2.22. The second-order valence-corrected chi connectivity index (χ2v) is 8.96. The Bertz CT molecular complexity index is 953. The van der Waals surface area contributed by atoms with Crippen LogP contribution < -0.4 is 15.6 Å². The summed E-state index contributed by atoms with van der Waals surface area (Å²) in [7, 11) is 1.63. The van der Waals surface area contributed by atoms with Gasteiger partial charge in [-0.1, -0.05) is 0 Å². The van der Waals surface area contributed by atoms with Crippen LogP contribution >= 0.6 is 0 Å². The van der Waals surface area contributed by atoms with Crippen molar-refractivity contribution in [2.45, 2.75) is 58.7 Å². The van der Waals surface area contributed by atoms with Crippen molar-refractivity contribution in [2.75, 3.05) is 26.7 Å². The second-order valence-electron chi connectivity index (χ2n) is 8.96. The molecule has 1 aromatic carbocycles. The summed E-state index contributed by atoms with van der Waals surface area (Å²) in [6, 6.07) is 7.69. The number of hydrogen-bond acceptors (Lipinski definition) is 5. The van der Waals surface area contributed by atoms with E-state index in [-0.39, 0.29) is 17.7 Å². The number of aryl methyl sites for hydroxylation is 1. The molecule has 1 N–H and O–H groups in total. The van der Waals surface area contributed by atoms with Gasteiger partial charge in [-0.2, -0.15) is 0 Å². The van der Waals surface area contributed by atoms with E-state index in [9.17, 15) is 9.59 Å². The number of fused-ring (bicyclic) bond motifs is 1. The molecular formula is C23H33N3O4. The van der Waals surface area contributed by atoms with Crippen LogP contribution in [0.25, 0.3) is 10.9 Å². The summed E-state index contributed by atoms with van der Waals surface area (Å²) in [6.45, 7) is 10.7. The molecule has 1 saturated heterocycles. The van der Waals surface area contributed by atoms with Gasteiger partial charge < -0.3 is 24.3 Å². The van der Waals surface area contributed by atoms with Crippen molar-refractivity contribution in [1.82, 2.24) is 14.8 Å². The Balaban J connectivity index is 1.60. The average molecular weight is 416 g/mol. The minimum atomic E-state index is -0.489. The molecule has 0 bridgehead atoms. The Hall–Kier alpha value is -2.54. The number of alkyl carbamates (subject to hydrolysis) is 1. The van der Waals surface area contributed by atoms with Gasteiger partial charge in [-0.3, -0.25) is 4.79 Å². The Labute approximate surface area is 178 Å². The number of benzene rings is 1. The van der Waals surface area contributed by atoms with Crippen LogP contribution in [0.4, 0.5) is 4.79 Å². The van der Waals surface area contributed by atoms with Crippen molar-refractivity contribution >= 4 is 17.0 Å². The van der Waals surface area contributed by atoms with Gasteiger partial charge in [0.15, 0.2) is 0 Å². The highest BCUT2D eigenvalue weighted by Gasteiger charge is 2.23. The first-order chi connectivity index (χ1) is 14.2. The number of amides is 1. The van der Waals surface area contributed by atoms with E-state index in [1.807, 2.05) is 50.5 Å². The number of aromatic nitrogens is 1. The van der Waals surface area contributed by atoms with Crippen molar-refractivity contribution in [3.63, 3.8) is 0 Å². The van der Waals surface area contributed by atoms with Crippen LogP contribution in [-0.2, 0) is 11.3 Å². The molecule has 0 saturated carbocycles. The highest BCUT2D eigenvalue weighted by atomic mass is 16.6. The summed E-state index contributed by atoms with van der Waals surface area (Å²) in [4.78, 5) is 27.0. The molecule has 7 nitrogen and oxygen atoms in total. The van der Waals surface area contributed by atoms with Crippen molar-refractivity contribution in [3.05, 3.63) is 40.2 Å². The number of hydrogen-bond donors (Lipinski definition) is 1. The van der Waals surface area contributed by atoms with Crippen LogP contribution in [0, 0.1) is 6.92 Å². The minimum Gasteiger partial charge on any atom is -0.497 e. The smallest absolute Gasteiger partial charge is 0.407 e. The number of piperidine rings is 1. The maximum atomic E-state index is 12.7. The Morgan fingerprint density at radius 1 is 1.17 bits per heavy atom. The van der Waals surface area contributed by atoms with Crippen LogP contribution in [0.15, 0.2) is 29.1 Å². The standard InChI is InChI=1S/C23H33N3O4/c1-16-14-21(27)26(20-15-18(29-5)6-7-19(16)20)13-12-25-10-8-17(9-11-25)24-22(28)30-23(2,3)4/h6-7,14-15,17H,8-13H2,1-5H3,(H,24,28). The summed E-state index contributed by atoms with van der Waals surface area (Å²) in [6.07, 6.45) is 1.39. The van der Waals surface area contributed by atoms with E-state index in [0.29, 0.717) is 6.54 Å². The number of carbonyl (C=O) groups excluding carboxylic acids is 1. The largest absolute Gasteiger partial charge is 0.497 e. The molecule has 7 heteroatoms. The predicted molar refractivity (Wildman–Crippen MR) is 118 cm³/mol. The number of ether oxygens (including phenoxy) is 2. The molecule has 164 valence electrons. The molecule has 0 radical (unpaired) electrons. The van der Waals surface area contributed by atoms with E-state index in [2.05, 4.69) is 10.2 Å². The van der Waals surface area contributed by atoms with Gasteiger partial charge >= 0.3 is 6.09 Å². The lowest BCUT2D eigenvalue weighted by Crippen LogP contribution is -2.46. The molecule has 1 amide bonds. The van der Waals surface area contributed by atoms with Crippen molar-refractivity contribution < 1.29 is 14.3 Å². The SMILES string of the molecule is COc1ccc2c(C)cc(=O)n(CCN3CCC(NC(=O)OC(C)(C)C)CC3)c2c1. The number of likely N-dealkylation sites (tertiary alicyclic amines) is 1. The van der Waals surface area contributed by atoms with Gasteiger partial charge in [-0.05, 0) is 58.2 Å². The number of carbonyl (C=O) groups is 1. The number of pyridine rings is 1. The zero-order valence-electron chi connectivity index (χ0n) is 18.7. The first kappa shape index (κ1) is 22.2. The molecule has 2 aromatic rings. The minimum absolute atomic E-state index is 0.00901. The molecule has 2 heterocycles. The van der Waals surface area contributed by atoms with Gasteiger partial charge in [0.05, 0.1) is 12.6 Å². The monoisotopic (exact) mass is 415 g/mol. The molecule has 1 fully saturated rings. The Morgan fingerprint density at radius 2 is 1.87 bits per heavy atom. The number of nitrogens with zero attached hydrogens (tertiary/aromatic N) is 2. The first-order valence-electron chi connectivity index (χ1n) is 10.6. The Kier molecular flexibility index (Phi) is 6.71. The molecule has 0 unspecified atom stereocenters. The highest BCUT2D eigenvalue weighted by molar-refractivity contribution is 5.83. The molecule has 3 rings (SSSR count). The van der Waals surface area contributed by atoms with Crippen LogP contribution in [0.3, 0.4) is 0 Å². The van der Waals surface area contributed by atoms with E-state index in [1.54, 1.807) is 13.2 Å². The average Bonchev–Trinajstić information content (AvgIpc) is 2.67. The van der Waals surface area contributed by atoms with Gasteiger partial charge in [-0.25, -0.2) is 4.79 Å². The molecule has 0 spiro atoms. The van der Waals surface area contributed by atoms with Crippen molar-refractivity contribution in [2.24, 2.45) is 0 Å². The molecule has 1 aliphatic rings. The van der Waals surface area contributed by atoms with Crippen LogP contribution in [0.2, 0.25) is 0 Å². The lowest BCUT2D eigenvalue weighted by Gasteiger charge is -2.33. The van der Waals surface area contributed by atoms with E-state index in [1.165, 1.54) is 0 Å². The summed E-state index contributed by atoms with van der Waals surface area (Å²) < 4.78 is 12.5. The molecule has 1 aromatic heterocycles. The van der Waals surface area contributed by atoms with E-state index in [0.717, 1.165) is 54.7 Å². The van der Waals surface area contributed by atoms with Gasteiger partial charge in [-0.15, -0.1) is 0 Å². The fraction of sp³-hybridized carbons (Fsp3) is 0.565. The lowest BCUT2D eigenvalue weighted by atomic mass is 10.1. The molecule has 0 aliphatic carbocycles. The zero-order valence-corrected chi connectivity index (χ0v) is 18.7. The Morgan fingerprint density at radius 3 is 2.50 bits per heavy atom. The zero-order chi connectivity index (χ0) is 21.9. The fourth-order valence-corrected chi connectivity index (χ4v) is 3.90. The third-order valence-electron chi connectivity index (χ3n) is 5.47. The van der Waals surface area contributed by atoms with Gasteiger partial charge in [0.1, 0.15) is 11.4 Å². The molecular weight excluding hydrogens is 382 g/mol. The topological polar surface area (TPSA) is 72.8 Å². The van der Waals surface area contributed by atoms with Gasteiger partial charge in [0, 0.05) is 49.7 Å². The van der Waals surface area contributed by atoms with E-state index >= 15 is 0 Å². The molecule has 1 aliphatic heterocycles. The van der Waals surface area contributed by atoms with Gasteiger partial charge in [0.25, 0.3) is 5.56 Å². The maximum Gasteiger partial charge on any atom is 0.407 e. The maximum absolute atomic E-state index is 12.7. The number of rotatable bonds is 5. The lowest BCUT2D eigenvalue weighted by molar-refractivity contribution is 0.0478.